The van der Waals surface area contributed by atoms with Crippen LogP contribution in [-0.4, -0.2) is 37.5 Å². The summed E-state index contributed by atoms with van der Waals surface area (Å²) in [7, 11) is 0. The van der Waals surface area contributed by atoms with Crippen LogP contribution in [0.3, 0.4) is 0 Å². The van der Waals surface area contributed by atoms with E-state index in [0.717, 1.165) is 34.9 Å². The number of nitrogens with one attached hydrogen (secondary N) is 1. The van der Waals surface area contributed by atoms with E-state index in [1.54, 1.807) is 6.07 Å². The fourth-order valence-corrected chi connectivity index (χ4v) is 3.62. The zero-order chi connectivity index (χ0) is 20.1. The highest BCUT2D eigenvalue weighted by molar-refractivity contribution is 6.33. The Morgan fingerprint density at radius 3 is 2.71 bits per heavy atom. The maximum atomic E-state index is 12.6. The summed E-state index contributed by atoms with van der Waals surface area (Å²) in [6, 6.07) is 6.45. The quantitative estimate of drug-likeness (QED) is 0.741. The second kappa shape index (κ2) is 8.59. The molecule has 8 nitrogen and oxygen atoms in total. The Bertz CT molecular complexity index is 951. The summed E-state index contributed by atoms with van der Waals surface area (Å²) in [5, 5.41) is 26.4. The second-order valence-corrected chi connectivity index (χ2v) is 7.50. The number of aliphatic hydroxyl groups is 1. The van der Waals surface area contributed by atoms with Crippen LogP contribution in [0.15, 0.2) is 29.3 Å². The molecular formula is C19H22ClN5O3. The number of carbonyl (C=O) groups excluding carboxylic acids is 1. The lowest BCUT2D eigenvalue weighted by Gasteiger charge is -2.26. The van der Waals surface area contributed by atoms with Gasteiger partial charge in [-0.15, -0.1) is 0 Å². The van der Waals surface area contributed by atoms with Crippen molar-refractivity contribution in [1.82, 2.24) is 19.7 Å². The molecule has 0 spiro atoms. The first kappa shape index (κ1) is 20.1. The molecule has 0 bridgehead atoms. The van der Waals surface area contributed by atoms with Gasteiger partial charge in [-0.2, -0.15) is 15.0 Å². The Kier molecular flexibility index (Phi) is 6.17. The third-order valence-corrected chi connectivity index (χ3v) is 5.36. The highest BCUT2D eigenvalue weighted by Gasteiger charge is 2.28. The highest BCUT2D eigenvalue weighted by Crippen LogP contribution is 2.26. The van der Waals surface area contributed by atoms with Crippen LogP contribution >= 0.6 is 11.6 Å². The molecule has 1 aromatic carbocycles. The third kappa shape index (κ3) is 4.43. The number of nitrogens with zero attached hydrogens (tertiary/aromatic N) is 4. The second-order valence-electron chi connectivity index (χ2n) is 7.10. The molecule has 0 saturated heterocycles. The summed E-state index contributed by atoms with van der Waals surface area (Å²) < 4.78 is 2.26. The van der Waals surface area contributed by atoms with Crippen molar-refractivity contribution in [2.75, 3.05) is 6.54 Å². The first-order valence-electron chi connectivity index (χ1n) is 9.25. The molecule has 0 aliphatic heterocycles. The first-order valence-corrected chi connectivity index (χ1v) is 9.63. The number of hydrogen-bond acceptors (Lipinski definition) is 5. The Labute approximate surface area is 167 Å². The molecule has 1 saturated carbocycles. The SMILES string of the molecule is N#CCn1cnn(-c2ccc(Cl)c(C(=O)NCC3(O)CCCCCC3)c2)c1=O. The Hall–Kier alpha value is -2.63. The van der Waals surface area contributed by atoms with E-state index < -0.39 is 17.2 Å². The summed E-state index contributed by atoms with van der Waals surface area (Å²) in [6.07, 6.45) is 6.66. The van der Waals surface area contributed by atoms with Gasteiger partial charge in [-0.1, -0.05) is 37.3 Å². The average Bonchev–Trinajstić information content (AvgIpc) is 2.89. The van der Waals surface area contributed by atoms with Crippen molar-refractivity contribution in [2.45, 2.75) is 50.7 Å². The normalized spacial score (nSPS) is 16.2. The fourth-order valence-electron chi connectivity index (χ4n) is 3.42. The van der Waals surface area contributed by atoms with Gasteiger partial charge in [0.2, 0.25) is 0 Å². The molecule has 1 aromatic heterocycles. The van der Waals surface area contributed by atoms with Crippen molar-refractivity contribution in [3.63, 3.8) is 0 Å². The van der Waals surface area contributed by atoms with Crippen LogP contribution in [0.25, 0.3) is 5.69 Å². The van der Waals surface area contributed by atoms with Gasteiger partial charge in [-0.25, -0.2) is 4.79 Å². The molecule has 0 radical (unpaired) electrons. The predicted molar refractivity (Wildman–Crippen MR) is 103 cm³/mol. The van der Waals surface area contributed by atoms with E-state index in [9.17, 15) is 14.7 Å². The van der Waals surface area contributed by atoms with Gasteiger partial charge in [0.05, 0.1) is 27.9 Å². The number of benzene rings is 1. The van der Waals surface area contributed by atoms with Crippen LogP contribution in [0.1, 0.15) is 48.9 Å². The summed E-state index contributed by atoms with van der Waals surface area (Å²) >= 11 is 6.18. The van der Waals surface area contributed by atoms with E-state index in [1.165, 1.54) is 18.5 Å². The molecule has 9 heteroatoms. The van der Waals surface area contributed by atoms with Gasteiger partial charge < -0.3 is 10.4 Å². The number of hydrogen-bond donors (Lipinski definition) is 2. The van der Waals surface area contributed by atoms with E-state index in [2.05, 4.69) is 10.4 Å². The zero-order valence-electron chi connectivity index (χ0n) is 15.4. The Balaban J connectivity index is 1.78. The van der Waals surface area contributed by atoms with Crippen molar-refractivity contribution >= 4 is 17.5 Å². The van der Waals surface area contributed by atoms with E-state index >= 15 is 0 Å². The standard InChI is InChI=1S/C19H22ClN5O3/c20-16-6-5-14(25-18(27)24(10-9-21)13-23-25)11-15(16)17(26)22-12-19(28)7-3-1-2-4-8-19/h5-6,11,13,28H,1-4,7-8,10,12H2,(H,22,26). The molecule has 2 N–H and O–H groups in total. The van der Waals surface area contributed by atoms with Gasteiger partial charge in [0, 0.05) is 6.54 Å². The predicted octanol–water partition coefficient (Wildman–Crippen LogP) is 2.03. The molecule has 1 aliphatic rings. The molecule has 1 aliphatic carbocycles. The molecule has 2 aromatic rings. The maximum absolute atomic E-state index is 12.6. The zero-order valence-corrected chi connectivity index (χ0v) is 16.2. The van der Waals surface area contributed by atoms with Crippen LogP contribution in [0.2, 0.25) is 5.02 Å². The lowest BCUT2D eigenvalue weighted by Crippen LogP contribution is -2.42. The minimum Gasteiger partial charge on any atom is -0.388 e. The first-order chi connectivity index (χ1) is 13.4. The van der Waals surface area contributed by atoms with Gasteiger partial charge >= 0.3 is 5.69 Å². The molecule has 28 heavy (non-hydrogen) atoms. The lowest BCUT2D eigenvalue weighted by atomic mass is 9.94. The molecule has 1 fully saturated rings. The summed E-state index contributed by atoms with van der Waals surface area (Å²) in [5.74, 6) is -0.422. The van der Waals surface area contributed by atoms with E-state index in [0.29, 0.717) is 18.5 Å². The van der Waals surface area contributed by atoms with Gasteiger partial charge in [0.25, 0.3) is 5.91 Å². The number of halogens is 1. The summed E-state index contributed by atoms with van der Waals surface area (Å²) in [5.41, 5.74) is -0.825. The lowest BCUT2D eigenvalue weighted by molar-refractivity contribution is 0.0246. The number of carbonyl (C=O) groups is 1. The van der Waals surface area contributed by atoms with Gasteiger partial charge in [0.15, 0.2) is 0 Å². The van der Waals surface area contributed by atoms with Crippen molar-refractivity contribution in [1.29, 1.82) is 5.26 Å². The largest absolute Gasteiger partial charge is 0.388 e. The van der Waals surface area contributed by atoms with Crippen molar-refractivity contribution in [2.24, 2.45) is 0 Å². The van der Waals surface area contributed by atoms with Crippen LogP contribution in [-0.2, 0) is 6.54 Å². The van der Waals surface area contributed by atoms with E-state index in [1.807, 2.05) is 6.07 Å². The highest BCUT2D eigenvalue weighted by atomic mass is 35.5. The van der Waals surface area contributed by atoms with Crippen molar-refractivity contribution < 1.29 is 9.90 Å². The maximum Gasteiger partial charge on any atom is 0.351 e. The van der Waals surface area contributed by atoms with Crippen LogP contribution in [0, 0.1) is 11.3 Å². The minimum atomic E-state index is -0.900. The van der Waals surface area contributed by atoms with E-state index in [4.69, 9.17) is 16.9 Å². The third-order valence-electron chi connectivity index (χ3n) is 5.03. The van der Waals surface area contributed by atoms with Gasteiger partial charge in [0.1, 0.15) is 12.9 Å². The summed E-state index contributed by atoms with van der Waals surface area (Å²) in [6.45, 7) is 0.0431. The van der Waals surface area contributed by atoms with Crippen LogP contribution < -0.4 is 11.0 Å². The topological polar surface area (TPSA) is 113 Å². The Morgan fingerprint density at radius 1 is 1.32 bits per heavy atom. The number of rotatable bonds is 5. The molecular weight excluding hydrogens is 382 g/mol. The van der Waals surface area contributed by atoms with E-state index in [-0.39, 0.29) is 23.7 Å². The van der Waals surface area contributed by atoms with Gasteiger partial charge in [-0.3, -0.25) is 9.36 Å². The molecule has 0 unspecified atom stereocenters. The number of aromatic nitrogens is 3. The molecule has 1 heterocycles. The minimum absolute atomic E-state index is 0.113. The van der Waals surface area contributed by atoms with Crippen LogP contribution in [0.4, 0.5) is 0 Å². The van der Waals surface area contributed by atoms with Crippen molar-refractivity contribution in [3.05, 3.63) is 45.6 Å². The molecule has 0 atom stereocenters. The van der Waals surface area contributed by atoms with Crippen molar-refractivity contribution in [3.8, 4) is 11.8 Å². The molecule has 3 rings (SSSR count). The number of nitriles is 1. The average molecular weight is 404 g/mol. The molecule has 1 amide bonds. The summed E-state index contributed by atoms with van der Waals surface area (Å²) in [4.78, 5) is 24.9. The fraction of sp³-hybridized carbons (Fsp3) is 0.474. The smallest absolute Gasteiger partial charge is 0.351 e. The number of amides is 1. The van der Waals surface area contributed by atoms with Gasteiger partial charge in [-0.05, 0) is 31.0 Å². The Morgan fingerprint density at radius 2 is 2.04 bits per heavy atom. The molecule has 148 valence electrons. The monoisotopic (exact) mass is 403 g/mol. The van der Waals surface area contributed by atoms with Crippen LogP contribution in [0.5, 0.6) is 0 Å².